The van der Waals surface area contributed by atoms with E-state index in [2.05, 4.69) is 25.6 Å². The number of anilines is 3. The van der Waals surface area contributed by atoms with E-state index in [9.17, 15) is 9.18 Å². The summed E-state index contributed by atoms with van der Waals surface area (Å²) < 4.78 is 14.4. The van der Waals surface area contributed by atoms with Crippen molar-refractivity contribution in [3.63, 3.8) is 0 Å². The summed E-state index contributed by atoms with van der Waals surface area (Å²) in [5.74, 6) is -0.410. The van der Waals surface area contributed by atoms with Gasteiger partial charge in [0, 0.05) is 21.3 Å². The highest BCUT2D eigenvalue weighted by Gasteiger charge is 2.24. The molecule has 2 aromatic heterocycles. The van der Waals surface area contributed by atoms with Crippen LogP contribution in [0.1, 0.15) is 20.8 Å². The molecule has 0 saturated carbocycles. The van der Waals surface area contributed by atoms with Gasteiger partial charge in [0.2, 0.25) is 11.9 Å². The van der Waals surface area contributed by atoms with Crippen LogP contribution in [0.3, 0.4) is 0 Å². The number of aromatic nitrogens is 3. The van der Waals surface area contributed by atoms with Gasteiger partial charge in [0.05, 0.1) is 16.1 Å². The number of carbonyl (C=O) groups is 1. The summed E-state index contributed by atoms with van der Waals surface area (Å²) in [5.41, 5.74) is 0.728. The molecule has 2 heterocycles. The number of benzene rings is 2. The predicted molar refractivity (Wildman–Crippen MR) is 119 cm³/mol. The first-order valence-electron chi connectivity index (χ1n) is 9.15. The van der Waals surface area contributed by atoms with E-state index in [-0.39, 0.29) is 22.6 Å². The van der Waals surface area contributed by atoms with Crippen LogP contribution in [-0.4, -0.2) is 20.9 Å². The van der Waals surface area contributed by atoms with E-state index in [0.29, 0.717) is 27.3 Å². The van der Waals surface area contributed by atoms with E-state index in [1.54, 1.807) is 32.9 Å². The molecule has 0 unspecified atom stereocenters. The average molecular weight is 446 g/mol. The van der Waals surface area contributed by atoms with Crippen molar-refractivity contribution < 1.29 is 9.18 Å². The maximum Gasteiger partial charge on any atom is 0.233 e. The Morgan fingerprint density at radius 1 is 1.10 bits per heavy atom. The normalized spacial score (nSPS) is 11.8. The molecule has 30 heavy (non-hydrogen) atoms. The van der Waals surface area contributed by atoms with E-state index in [0.717, 1.165) is 5.52 Å². The molecule has 0 saturated heterocycles. The Bertz CT molecular complexity index is 1300. The average Bonchev–Trinajstić information content (AvgIpc) is 3.03. The number of H-pyrrole nitrogens is 1. The van der Waals surface area contributed by atoms with Crippen molar-refractivity contribution >= 4 is 68.5 Å². The number of hydrogen-bond acceptors (Lipinski definition) is 4. The highest BCUT2D eigenvalue weighted by molar-refractivity contribution is 6.38. The zero-order valence-corrected chi connectivity index (χ0v) is 17.9. The Balaban J connectivity index is 1.92. The maximum absolute atomic E-state index is 14.4. The van der Waals surface area contributed by atoms with Crippen LogP contribution in [0, 0.1) is 11.2 Å². The van der Waals surface area contributed by atoms with Crippen LogP contribution in [0.4, 0.5) is 21.8 Å². The molecule has 154 valence electrons. The van der Waals surface area contributed by atoms with Gasteiger partial charge in [-0.2, -0.15) is 9.97 Å². The van der Waals surface area contributed by atoms with Crippen LogP contribution < -0.4 is 10.6 Å². The van der Waals surface area contributed by atoms with Gasteiger partial charge in [0.1, 0.15) is 17.3 Å². The molecule has 0 radical (unpaired) electrons. The number of nitrogens with zero attached hydrogens (tertiary/aromatic N) is 2. The lowest BCUT2D eigenvalue weighted by Gasteiger charge is -2.17. The van der Waals surface area contributed by atoms with E-state index in [4.69, 9.17) is 23.2 Å². The molecule has 0 aliphatic heterocycles. The van der Waals surface area contributed by atoms with Crippen molar-refractivity contribution in [1.82, 2.24) is 15.0 Å². The minimum Gasteiger partial charge on any atom is -0.339 e. The summed E-state index contributed by atoms with van der Waals surface area (Å²) >= 11 is 12.3. The topological polar surface area (TPSA) is 82.7 Å². The number of hydrogen-bond donors (Lipinski definition) is 3. The molecule has 9 heteroatoms. The van der Waals surface area contributed by atoms with Crippen LogP contribution in [0.25, 0.3) is 21.9 Å². The third-order valence-corrected chi connectivity index (χ3v) is 5.07. The number of halogens is 3. The van der Waals surface area contributed by atoms with E-state index in [1.807, 2.05) is 12.1 Å². The lowest BCUT2D eigenvalue weighted by atomic mass is 9.96. The van der Waals surface area contributed by atoms with Gasteiger partial charge in [-0.1, -0.05) is 50.0 Å². The minimum absolute atomic E-state index is 0.0852. The third kappa shape index (κ3) is 3.78. The first-order valence-corrected chi connectivity index (χ1v) is 9.90. The van der Waals surface area contributed by atoms with Gasteiger partial charge in [-0.05, 0) is 30.3 Å². The summed E-state index contributed by atoms with van der Waals surface area (Å²) in [6.45, 7) is 5.35. The molecule has 1 amide bonds. The number of rotatable bonds is 3. The van der Waals surface area contributed by atoms with Gasteiger partial charge in [-0.15, -0.1) is 0 Å². The molecule has 0 atom stereocenters. The lowest BCUT2D eigenvalue weighted by Crippen LogP contribution is -2.28. The Morgan fingerprint density at radius 2 is 1.87 bits per heavy atom. The second kappa shape index (κ2) is 7.41. The van der Waals surface area contributed by atoms with Crippen molar-refractivity contribution in [2.24, 2.45) is 5.41 Å². The number of carbonyl (C=O) groups excluding carboxylic acids is 1. The fourth-order valence-corrected chi connectivity index (χ4v) is 3.38. The quantitative estimate of drug-likeness (QED) is 0.346. The zero-order valence-electron chi connectivity index (χ0n) is 16.4. The first-order chi connectivity index (χ1) is 14.1. The van der Waals surface area contributed by atoms with Crippen LogP contribution in [-0.2, 0) is 4.79 Å². The van der Waals surface area contributed by atoms with Gasteiger partial charge in [-0.25, -0.2) is 4.39 Å². The lowest BCUT2D eigenvalue weighted by molar-refractivity contribution is -0.123. The van der Waals surface area contributed by atoms with Gasteiger partial charge in [0.15, 0.2) is 0 Å². The van der Waals surface area contributed by atoms with E-state index < -0.39 is 11.2 Å². The van der Waals surface area contributed by atoms with Crippen molar-refractivity contribution in [2.75, 3.05) is 10.6 Å². The smallest absolute Gasteiger partial charge is 0.233 e. The molecule has 6 nitrogen and oxygen atoms in total. The Labute approximate surface area is 181 Å². The highest BCUT2D eigenvalue weighted by atomic mass is 35.5. The SMILES string of the molecule is CC(C)(C)C(=O)Nc1nc(Nc2ccc(Cl)cc2F)c2c(n1)[nH]c1cccc(Cl)c12. The molecule has 4 rings (SSSR count). The molecule has 3 N–H and O–H groups in total. The monoisotopic (exact) mass is 445 g/mol. The Hall–Kier alpha value is -2.90. The summed E-state index contributed by atoms with van der Waals surface area (Å²) in [6, 6.07) is 9.68. The summed E-state index contributed by atoms with van der Waals surface area (Å²) in [5, 5.41) is 7.75. The molecule has 2 aromatic carbocycles. The van der Waals surface area contributed by atoms with Gasteiger partial charge in [-0.3, -0.25) is 10.1 Å². The summed E-state index contributed by atoms with van der Waals surface area (Å²) in [7, 11) is 0. The molecule has 0 aliphatic rings. The maximum atomic E-state index is 14.4. The van der Waals surface area contributed by atoms with Crippen LogP contribution >= 0.6 is 23.2 Å². The standard InChI is InChI=1S/C21H18Cl2FN5O/c1-21(2,3)19(30)29-20-27-17(25-13-8-7-10(22)9-12(13)24)16-15-11(23)5-4-6-14(15)26-18(16)28-20/h4-9H,1-3H3,(H3,25,26,27,28,29,30). The van der Waals surface area contributed by atoms with Gasteiger partial charge < -0.3 is 10.3 Å². The van der Waals surface area contributed by atoms with Crippen LogP contribution in [0.5, 0.6) is 0 Å². The van der Waals surface area contributed by atoms with Crippen LogP contribution in [0.15, 0.2) is 36.4 Å². The molecular formula is C21H18Cl2FN5O. The Morgan fingerprint density at radius 3 is 2.57 bits per heavy atom. The van der Waals surface area contributed by atoms with Gasteiger partial charge >= 0.3 is 0 Å². The minimum atomic E-state index is -0.641. The van der Waals surface area contributed by atoms with E-state index in [1.165, 1.54) is 12.1 Å². The fourth-order valence-electron chi connectivity index (χ4n) is 2.95. The van der Waals surface area contributed by atoms with Gasteiger partial charge in [0.25, 0.3) is 0 Å². The molecule has 0 fully saturated rings. The number of nitrogens with one attached hydrogen (secondary N) is 3. The molecule has 0 aliphatic carbocycles. The Kier molecular flexibility index (Phi) is 5.03. The fraction of sp³-hybridized carbons (Fsp3) is 0.190. The molecule has 0 bridgehead atoms. The third-order valence-electron chi connectivity index (χ3n) is 4.52. The van der Waals surface area contributed by atoms with Crippen molar-refractivity contribution in [2.45, 2.75) is 20.8 Å². The van der Waals surface area contributed by atoms with Crippen molar-refractivity contribution in [1.29, 1.82) is 0 Å². The molecular weight excluding hydrogens is 428 g/mol. The van der Waals surface area contributed by atoms with Crippen molar-refractivity contribution in [3.05, 3.63) is 52.3 Å². The number of aromatic amines is 1. The summed E-state index contributed by atoms with van der Waals surface area (Å²) in [6.07, 6.45) is 0. The van der Waals surface area contributed by atoms with E-state index >= 15 is 0 Å². The molecule has 0 spiro atoms. The molecule has 4 aromatic rings. The second-order valence-corrected chi connectivity index (χ2v) is 8.70. The first kappa shape index (κ1) is 20.4. The largest absolute Gasteiger partial charge is 0.339 e. The summed E-state index contributed by atoms with van der Waals surface area (Å²) in [4.78, 5) is 24.5. The predicted octanol–water partition coefficient (Wildman–Crippen LogP) is 6.29. The number of amides is 1. The van der Waals surface area contributed by atoms with Crippen LogP contribution in [0.2, 0.25) is 10.0 Å². The van der Waals surface area contributed by atoms with Crippen molar-refractivity contribution in [3.8, 4) is 0 Å². The number of fused-ring (bicyclic) bond motifs is 3. The zero-order chi connectivity index (χ0) is 21.6. The second-order valence-electron chi connectivity index (χ2n) is 7.86. The highest BCUT2D eigenvalue weighted by Crippen LogP contribution is 2.36.